The molecule has 0 N–H and O–H groups in total. The zero-order chi connectivity index (χ0) is 9.10. The summed E-state index contributed by atoms with van der Waals surface area (Å²) in [7, 11) is 0. The average Bonchev–Trinajstić information content (AvgIpc) is 2.71. The fourth-order valence-electron chi connectivity index (χ4n) is 1.48. The zero-order valence-corrected chi connectivity index (χ0v) is 7.23. The summed E-state index contributed by atoms with van der Waals surface area (Å²) < 4.78 is 0. The molecule has 0 spiro atoms. The minimum atomic E-state index is 0.0816. The van der Waals surface area contributed by atoms with Gasteiger partial charge >= 0.3 is 0 Å². The molecule has 0 saturated carbocycles. The first-order chi connectivity index (χ1) is 6.38. The number of Topliss-reactive ketones (excluding diaryl/α,β-unsaturated/α-hetero) is 1. The maximum absolute atomic E-state index is 11.7. The Morgan fingerprint density at radius 1 is 1.31 bits per heavy atom. The number of carbonyl (C=O) groups is 1. The van der Waals surface area contributed by atoms with Crippen LogP contribution < -0.4 is 0 Å². The lowest BCUT2D eigenvalue weighted by atomic mass is 10.1. The first-order valence-corrected chi connectivity index (χ1v) is 4.36. The molecule has 1 aliphatic carbocycles. The predicted molar refractivity (Wildman–Crippen MR) is 48.3 cm³/mol. The van der Waals surface area contributed by atoms with Crippen LogP contribution >= 0.6 is 0 Å². The molecule has 1 aliphatic rings. The number of aromatic nitrogens is 2. The molecule has 0 aliphatic heterocycles. The topological polar surface area (TPSA) is 42.9 Å². The smallest absolute Gasteiger partial charge is 0.191 e. The van der Waals surface area contributed by atoms with Crippen molar-refractivity contribution in [3.63, 3.8) is 0 Å². The zero-order valence-electron chi connectivity index (χ0n) is 7.23. The standard InChI is InChI=1S/C10H10N2O/c13-10(8-3-1-2-4-8)9-5-11-7-12-6-9/h3,5-7H,1-2,4H2. The van der Waals surface area contributed by atoms with Crippen molar-refractivity contribution in [1.82, 2.24) is 9.97 Å². The van der Waals surface area contributed by atoms with Crippen molar-refractivity contribution in [3.05, 3.63) is 35.9 Å². The van der Waals surface area contributed by atoms with Gasteiger partial charge < -0.3 is 0 Å². The third-order valence-corrected chi connectivity index (χ3v) is 2.16. The average molecular weight is 174 g/mol. The second kappa shape index (κ2) is 3.47. The van der Waals surface area contributed by atoms with E-state index >= 15 is 0 Å². The van der Waals surface area contributed by atoms with Crippen LogP contribution in [0.1, 0.15) is 29.6 Å². The highest BCUT2D eigenvalue weighted by atomic mass is 16.1. The van der Waals surface area contributed by atoms with E-state index in [9.17, 15) is 4.79 Å². The van der Waals surface area contributed by atoms with Crippen LogP contribution in [0.5, 0.6) is 0 Å². The van der Waals surface area contributed by atoms with Gasteiger partial charge in [-0.25, -0.2) is 9.97 Å². The molecule has 1 aromatic heterocycles. The fraction of sp³-hybridized carbons (Fsp3) is 0.300. The summed E-state index contributed by atoms with van der Waals surface area (Å²) in [5.74, 6) is 0.0816. The Balaban J connectivity index is 2.23. The van der Waals surface area contributed by atoms with E-state index < -0.39 is 0 Å². The molecule has 3 heteroatoms. The number of nitrogens with zero attached hydrogens (tertiary/aromatic N) is 2. The number of hydrogen-bond donors (Lipinski definition) is 0. The Labute approximate surface area is 76.5 Å². The maximum Gasteiger partial charge on any atom is 0.191 e. The van der Waals surface area contributed by atoms with Crippen molar-refractivity contribution < 1.29 is 4.79 Å². The lowest BCUT2D eigenvalue weighted by Crippen LogP contribution is -2.02. The lowest BCUT2D eigenvalue weighted by molar-refractivity contribution is 0.103. The van der Waals surface area contributed by atoms with E-state index in [2.05, 4.69) is 9.97 Å². The van der Waals surface area contributed by atoms with E-state index in [1.807, 2.05) is 6.08 Å². The van der Waals surface area contributed by atoms with Gasteiger partial charge in [0, 0.05) is 12.4 Å². The first kappa shape index (κ1) is 8.10. The summed E-state index contributed by atoms with van der Waals surface area (Å²) in [6.45, 7) is 0. The van der Waals surface area contributed by atoms with Crippen LogP contribution in [0.3, 0.4) is 0 Å². The van der Waals surface area contributed by atoms with Crippen LogP contribution in [0.2, 0.25) is 0 Å². The van der Waals surface area contributed by atoms with Crippen molar-refractivity contribution in [2.24, 2.45) is 0 Å². The van der Waals surface area contributed by atoms with Gasteiger partial charge in [0.15, 0.2) is 5.78 Å². The summed E-state index contributed by atoms with van der Waals surface area (Å²) in [4.78, 5) is 19.3. The largest absolute Gasteiger partial charge is 0.289 e. The third-order valence-electron chi connectivity index (χ3n) is 2.16. The van der Waals surface area contributed by atoms with Crippen molar-refractivity contribution in [2.75, 3.05) is 0 Å². The van der Waals surface area contributed by atoms with Gasteiger partial charge in [-0.05, 0) is 24.8 Å². The van der Waals surface area contributed by atoms with Crippen molar-refractivity contribution in [2.45, 2.75) is 19.3 Å². The quantitative estimate of drug-likeness (QED) is 0.642. The Bertz CT molecular complexity index is 343. The molecule has 1 aromatic rings. The highest BCUT2D eigenvalue weighted by Gasteiger charge is 2.15. The number of carbonyl (C=O) groups excluding carboxylic acids is 1. The monoisotopic (exact) mass is 174 g/mol. The van der Waals surface area contributed by atoms with Gasteiger partial charge in [-0.1, -0.05) is 6.08 Å². The molecule has 0 fully saturated rings. The number of allylic oxidation sites excluding steroid dienone is 2. The maximum atomic E-state index is 11.7. The molecule has 0 saturated heterocycles. The number of ketones is 1. The molecule has 0 atom stereocenters. The van der Waals surface area contributed by atoms with Crippen LogP contribution in [0.15, 0.2) is 30.4 Å². The summed E-state index contributed by atoms with van der Waals surface area (Å²) in [6, 6.07) is 0. The molecular formula is C10H10N2O. The first-order valence-electron chi connectivity index (χ1n) is 4.36. The van der Waals surface area contributed by atoms with Gasteiger partial charge in [-0.15, -0.1) is 0 Å². The second-order valence-electron chi connectivity index (χ2n) is 3.08. The fourth-order valence-corrected chi connectivity index (χ4v) is 1.48. The normalized spacial score (nSPS) is 15.5. The SMILES string of the molecule is O=C(C1=CCCC1)c1cncnc1. The van der Waals surface area contributed by atoms with E-state index in [0.717, 1.165) is 24.8 Å². The Hall–Kier alpha value is -1.51. The van der Waals surface area contributed by atoms with Crippen molar-refractivity contribution in [3.8, 4) is 0 Å². The lowest BCUT2D eigenvalue weighted by Gasteiger charge is -1.98. The number of hydrogen-bond acceptors (Lipinski definition) is 3. The molecule has 0 bridgehead atoms. The van der Waals surface area contributed by atoms with Gasteiger partial charge in [0.25, 0.3) is 0 Å². The predicted octanol–water partition coefficient (Wildman–Crippen LogP) is 1.77. The van der Waals surface area contributed by atoms with Crippen LogP contribution in [-0.4, -0.2) is 15.8 Å². The van der Waals surface area contributed by atoms with Gasteiger partial charge in [-0.3, -0.25) is 4.79 Å². The van der Waals surface area contributed by atoms with Crippen LogP contribution in [0.4, 0.5) is 0 Å². The molecular weight excluding hydrogens is 164 g/mol. The van der Waals surface area contributed by atoms with Crippen molar-refractivity contribution in [1.29, 1.82) is 0 Å². The molecule has 0 unspecified atom stereocenters. The molecule has 66 valence electrons. The molecule has 0 radical (unpaired) electrons. The number of rotatable bonds is 2. The third kappa shape index (κ3) is 1.64. The van der Waals surface area contributed by atoms with Gasteiger partial charge in [0.2, 0.25) is 0 Å². The van der Waals surface area contributed by atoms with E-state index in [-0.39, 0.29) is 5.78 Å². The Kier molecular flexibility index (Phi) is 2.17. The van der Waals surface area contributed by atoms with Crippen LogP contribution in [-0.2, 0) is 0 Å². The van der Waals surface area contributed by atoms with Gasteiger partial charge in [0.1, 0.15) is 6.33 Å². The highest BCUT2D eigenvalue weighted by Crippen LogP contribution is 2.20. The van der Waals surface area contributed by atoms with E-state index in [4.69, 9.17) is 0 Å². The van der Waals surface area contributed by atoms with Crippen LogP contribution in [0.25, 0.3) is 0 Å². The summed E-state index contributed by atoms with van der Waals surface area (Å²) in [6.07, 6.45) is 9.58. The minimum absolute atomic E-state index is 0.0816. The summed E-state index contributed by atoms with van der Waals surface area (Å²) in [5.41, 5.74) is 1.51. The van der Waals surface area contributed by atoms with Crippen molar-refractivity contribution >= 4 is 5.78 Å². The van der Waals surface area contributed by atoms with E-state index in [1.165, 1.54) is 6.33 Å². The highest BCUT2D eigenvalue weighted by molar-refractivity contribution is 6.08. The minimum Gasteiger partial charge on any atom is -0.289 e. The Morgan fingerprint density at radius 3 is 2.69 bits per heavy atom. The van der Waals surface area contributed by atoms with Gasteiger partial charge in [-0.2, -0.15) is 0 Å². The van der Waals surface area contributed by atoms with Gasteiger partial charge in [0.05, 0.1) is 5.56 Å². The summed E-state index contributed by atoms with van der Waals surface area (Å²) >= 11 is 0. The molecule has 13 heavy (non-hydrogen) atoms. The van der Waals surface area contributed by atoms with Crippen LogP contribution in [0, 0.1) is 0 Å². The Morgan fingerprint density at radius 2 is 2.08 bits per heavy atom. The molecule has 1 heterocycles. The second-order valence-corrected chi connectivity index (χ2v) is 3.08. The molecule has 2 rings (SSSR count). The van der Waals surface area contributed by atoms with E-state index in [1.54, 1.807) is 12.4 Å². The summed E-state index contributed by atoms with van der Waals surface area (Å²) in [5, 5.41) is 0. The molecule has 0 amide bonds. The molecule has 0 aromatic carbocycles. The molecule has 3 nitrogen and oxygen atoms in total. The van der Waals surface area contributed by atoms with E-state index in [0.29, 0.717) is 5.56 Å².